The minimum absolute atomic E-state index is 0.0863. The van der Waals surface area contributed by atoms with Gasteiger partial charge in [-0.25, -0.2) is 23.0 Å². The molecule has 1 heterocycles. The number of rotatable bonds is 7. The third kappa shape index (κ3) is 5.09. The summed E-state index contributed by atoms with van der Waals surface area (Å²) in [5.41, 5.74) is 3.20. The molecule has 0 saturated heterocycles. The Labute approximate surface area is 206 Å². The van der Waals surface area contributed by atoms with E-state index in [1.807, 2.05) is 0 Å². The first-order valence-electron chi connectivity index (χ1n) is 10.4. The predicted octanol–water partition coefficient (Wildman–Crippen LogP) is 4.39. The van der Waals surface area contributed by atoms with Crippen molar-refractivity contribution in [1.82, 2.24) is 4.98 Å². The second kappa shape index (κ2) is 9.61. The zero-order valence-corrected chi connectivity index (χ0v) is 19.5. The fourth-order valence-corrected chi connectivity index (χ4v) is 4.28. The number of aromatic nitrogens is 1. The molecule has 9 nitrogen and oxygen atoms in total. The predicted molar refractivity (Wildman–Crippen MR) is 129 cm³/mol. The van der Waals surface area contributed by atoms with Crippen LogP contribution in [0.2, 0.25) is 0 Å². The Kier molecular flexibility index (Phi) is 6.56. The first-order chi connectivity index (χ1) is 17.1. The second-order valence-corrected chi connectivity index (χ2v) is 9.06. The summed E-state index contributed by atoms with van der Waals surface area (Å²) in [5.74, 6) is -2.24. The number of carboxylic acids is 2. The molecule has 3 aromatic carbocycles. The normalized spacial score (nSPS) is 11.2. The number of hydrogen-bond acceptors (Lipinski definition) is 7. The maximum atomic E-state index is 11.8. The molecular weight excluding hydrogens is 486 g/mol. The van der Waals surface area contributed by atoms with Crippen LogP contribution in [0.1, 0.15) is 20.7 Å². The fourth-order valence-electron chi connectivity index (χ4n) is 3.61. The number of benzene rings is 3. The first kappa shape index (κ1) is 24.6. The quantitative estimate of drug-likeness (QED) is 0.349. The van der Waals surface area contributed by atoms with Crippen LogP contribution in [-0.4, -0.2) is 47.2 Å². The van der Waals surface area contributed by atoms with Crippen LogP contribution in [0.15, 0.2) is 83.8 Å². The van der Waals surface area contributed by atoms with Gasteiger partial charge in [0.25, 0.3) is 0 Å². The van der Waals surface area contributed by atoms with Crippen LogP contribution in [0.5, 0.6) is 5.75 Å². The number of aromatic carboxylic acids is 2. The summed E-state index contributed by atoms with van der Waals surface area (Å²) in [4.78, 5) is 26.6. The molecule has 0 amide bonds. The van der Waals surface area contributed by atoms with Gasteiger partial charge in [0.15, 0.2) is 0 Å². The molecule has 0 aliphatic heterocycles. The van der Waals surface area contributed by atoms with E-state index in [1.165, 1.54) is 43.5 Å². The van der Waals surface area contributed by atoms with E-state index in [9.17, 15) is 32.8 Å². The van der Waals surface area contributed by atoms with Gasteiger partial charge >= 0.3 is 11.9 Å². The van der Waals surface area contributed by atoms with E-state index >= 15 is 0 Å². The van der Waals surface area contributed by atoms with Gasteiger partial charge in [0.1, 0.15) is 15.9 Å². The minimum Gasteiger partial charge on any atom is -0.744 e. The van der Waals surface area contributed by atoms with Crippen molar-refractivity contribution in [2.24, 2.45) is 0 Å². The molecule has 0 radical (unpaired) electrons. The summed E-state index contributed by atoms with van der Waals surface area (Å²) >= 11 is 0. The van der Waals surface area contributed by atoms with Crippen molar-refractivity contribution in [3.8, 4) is 39.4 Å². The van der Waals surface area contributed by atoms with Crippen molar-refractivity contribution in [2.75, 3.05) is 7.11 Å². The van der Waals surface area contributed by atoms with Gasteiger partial charge in [0, 0.05) is 11.1 Å². The van der Waals surface area contributed by atoms with E-state index in [0.29, 0.717) is 33.6 Å². The van der Waals surface area contributed by atoms with Crippen LogP contribution in [0.25, 0.3) is 33.6 Å². The van der Waals surface area contributed by atoms with E-state index in [4.69, 9.17) is 4.74 Å². The van der Waals surface area contributed by atoms with Gasteiger partial charge in [-0.05, 0) is 59.7 Å². The Morgan fingerprint density at radius 2 is 1.17 bits per heavy atom. The van der Waals surface area contributed by atoms with E-state index in [-0.39, 0.29) is 16.9 Å². The number of hydrogen-bond donors (Lipinski definition) is 2. The van der Waals surface area contributed by atoms with Gasteiger partial charge < -0.3 is 19.5 Å². The molecule has 0 bridgehead atoms. The van der Waals surface area contributed by atoms with Crippen molar-refractivity contribution in [3.05, 3.63) is 90.0 Å². The summed E-state index contributed by atoms with van der Waals surface area (Å²) < 4.78 is 40.4. The number of carbonyl (C=O) groups is 2. The lowest BCUT2D eigenvalue weighted by molar-refractivity contribution is 0.0686. The Morgan fingerprint density at radius 1 is 0.722 bits per heavy atom. The molecule has 0 spiro atoms. The lowest BCUT2D eigenvalue weighted by atomic mass is 9.99. The molecule has 182 valence electrons. The average molecular weight is 504 g/mol. The fraction of sp³-hybridized carbons (Fsp3) is 0.0385. The summed E-state index contributed by atoms with van der Waals surface area (Å²) in [6.45, 7) is 0. The van der Waals surface area contributed by atoms with Gasteiger partial charge in [-0.3, -0.25) is 0 Å². The average Bonchev–Trinajstić information content (AvgIpc) is 2.87. The van der Waals surface area contributed by atoms with Crippen LogP contribution in [0.3, 0.4) is 0 Å². The lowest BCUT2D eigenvalue weighted by Gasteiger charge is -2.15. The van der Waals surface area contributed by atoms with E-state index < -0.39 is 27.0 Å². The minimum atomic E-state index is -4.83. The Hall–Kier alpha value is -4.54. The molecule has 4 aromatic rings. The number of methoxy groups -OCH3 is 1. The number of ether oxygens (including phenoxy) is 1. The van der Waals surface area contributed by atoms with Gasteiger partial charge in [-0.15, -0.1) is 0 Å². The highest BCUT2D eigenvalue weighted by Gasteiger charge is 2.15. The smallest absolute Gasteiger partial charge is 0.335 e. The molecule has 4 rings (SSSR count). The highest BCUT2D eigenvalue weighted by Crippen LogP contribution is 2.34. The van der Waals surface area contributed by atoms with Crippen molar-refractivity contribution in [1.29, 1.82) is 0 Å². The molecular formula is C26H18NO8S-. The van der Waals surface area contributed by atoms with Crippen LogP contribution in [-0.2, 0) is 10.1 Å². The first-order valence-corrected chi connectivity index (χ1v) is 11.8. The molecule has 2 N–H and O–H groups in total. The largest absolute Gasteiger partial charge is 0.744 e. The van der Waals surface area contributed by atoms with Gasteiger partial charge in [0.2, 0.25) is 0 Å². The monoisotopic (exact) mass is 504 g/mol. The molecule has 0 saturated carbocycles. The molecule has 0 aliphatic rings. The number of nitrogens with zero attached hydrogens (tertiary/aromatic N) is 1. The molecule has 36 heavy (non-hydrogen) atoms. The van der Waals surface area contributed by atoms with Gasteiger partial charge in [-0.1, -0.05) is 30.3 Å². The zero-order valence-electron chi connectivity index (χ0n) is 18.7. The van der Waals surface area contributed by atoms with Crippen molar-refractivity contribution in [3.63, 3.8) is 0 Å². The maximum Gasteiger partial charge on any atom is 0.335 e. The highest BCUT2D eigenvalue weighted by molar-refractivity contribution is 7.85. The van der Waals surface area contributed by atoms with E-state index in [0.717, 1.165) is 0 Å². The molecule has 1 aromatic heterocycles. The molecule has 0 unspecified atom stereocenters. The highest BCUT2D eigenvalue weighted by atomic mass is 32.2. The Balaban J connectivity index is 1.91. The van der Waals surface area contributed by atoms with Crippen LogP contribution >= 0.6 is 0 Å². The Morgan fingerprint density at radius 3 is 1.56 bits per heavy atom. The van der Waals surface area contributed by atoms with Crippen molar-refractivity contribution in [2.45, 2.75) is 4.90 Å². The summed E-state index contributed by atoms with van der Waals surface area (Å²) in [5, 5.41) is 18.4. The maximum absolute atomic E-state index is 11.8. The van der Waals surface area contributed by atoms with Crippen LogP contribution < -0.4 is 4.74 Å². The lowest BCUT2D eigenvalue weighted by Crippen LogP contribution is -2.02. The summed E-state index contributed by atoms with van der Waals surface area (Å²) in [7, 11) is -3.57. The molecule has 0 atom stereocenters. The van der Waals surface area contributed by atoms with Gasteiger partial charge in [0.05, 0.1) is 34.5 Å². The topological polar surface area (TPSA) is 154 Å². The second-order valence-electron chi connectivity index (χ2n) is 7.71. The third-order valence-electron chi connectivity index (χ3n) is 5.45. The van der Waals surface area contributed by atoms with Crippen LogP contribution in [0.4, 0.5) is 0 Å². The molecule has 0 fully saturated rings. The SMILES string of the molecule is COc1ccc(-c2cc(-c3ccc(C(=O)O)cc3)nc(-c3ccc(C(=O)O)cc3)c2)cc1S(=O)(=O)[O-]. The molecule has 0 aliphatic carbocycles. The van der Waals surface area contributed by atoms with E-state index in [2.05, 4.69) is 4.98 Å². The number of pyridine rings is 1. The Bertz CT molecular complexity index is 1500. The van der Waals surface area contributed by atoms with Crippen molar-refractivity contribution < 1.29 is 37.5 Å². The standard InChI is InChI=1S/C26H19NO8S/c1-35-23-11-10-19(14-24(23)36(32,33)34)20-12-21(15-2-6-17(7-3-15)25(28)29)27-22(13-20)16-4-8-18(9-5-16)26(30)31/h2-14H,1H3,(H,28,29)(H,30,31)(H,32,33,34)/p-1. The van der Waals surface area contributed by atoms with Crippen molar-refractivity contribution >= 4 is 22.1 Å². The zero-order chi connectivity index (χ0) is 26.0. The van der Waals surface area contributed by atoms with Crippen LogP contribution in [0, 0.1) is 0 Å². The third-order valence-corrected chi connectivity index (χ3v) is 6.30. The number of carboxylic acid groups (broad SMARTS) is 2. The summed E-state index contributed by atoms with van der Waals surface area (Å²) in [6, 6.07) is 19.6. The summed E-state index contributed by atoms with van der Waals surface area (Å²) in [6.07, 6.45) is 0. The molecule has 10 heteroatoms. The van der Waals surface area contributed by atoms with E-state index in [1.54, 1.807) is 42.5 Å². The van der Waals surface area contributed by atoms with Gasteiger partial charge in [-0.2, -0.15) is 0 Å².